The summed E-state index contributed by atoms with van der Waals surface area (Å²) in [4.78, 5) is 17.4. The minimum absolute atomic E-state index is 0.119. The summed E-state index contributed by atoms with van der Waals surface area (Å²) >= 11 is 0. The number of hydrogen-bond acceptors (Lipinski definition) is 3. The molecule has 0 N–H and O–H groups in total. The lowest BCUT2D eigenvalue weighted by molar-refractivity contribution is -0.131. The number of piperidine rings is 1. The summed E-state index contributed by atoms with van der Waals surface area (Å²) in [6, 6.07) is 17.6. The fourth-order valence-electron chi connectivity index (χ4n) is 5.28. The highest BCUT2D eigenvalue weighted by molar-refractivity contribution is 5.94. The molecule has 2 aromatic carbocycles. The molecule has 0 radical (unpaired) electrons. The predicted molar refractivity (Wildman–Crippen MR) is 118 cm³/mol. The van der Waals surface area contributed by atoms with Crippen LogP contribution in [0.2, 0.25) is 0 Å². The fraction of sp³-hybridized carbons (Fsp3) is 0.500. The Balaban J connectivity index is 1.23. The summed E-state index contributed by atoms with van der Waals surface area (Å²) in [6.45, 7) is 3.16. The Labute approximate surface area is 184 Å². The van der Waals surface area contributed by atoms with Gasteiger partial charge in [0.15, 0.2) is 0 Å². The van der Waals surface area contributed by atoms with E-state index in [4.69, 9.17) is 4.74 Å². The number of nitrogens with zero attached hydrogens (tertiary/aromatic N) is 2. The molecule has 2 heterocycles. The summed E-state index contributed by atoms with van der Waals surface area (Å²) in [6.07, 6.45) is 6.38. The molecular weight excluding hydrogens is 391 g/mol. The van der Waals surface area contributed by atoms with Crippen molar-refractivity contribution in [2.45, 2.75) is 62.8 Å². The molecule has 5 heteroatoms. The van der Waals surface area contributed by atoms with Crippen molar-refractivity contribution < 1.29 is 13.9 Å². The topological polar surface area (TPSA) is 32.8 Å². The van der Waals surface area contributed by atoms with Crippen molar-refractivity contribution in [3.63, 3.8) is 0 Å². The van der Waals surface area contributed by atoms with Crippen LogP contribution in [0, 0.1) is 5.82 Å². The molecule has 1 amide bonds. The van der Waals surface area contributed by atoms with Gasteiger partial charge < -0.3 is 9.64 Å². The van der Waals surface area contributed by atoms with Crippen LogP contribution < -0.4 is 0 Å². The molecule has 2 aliphatic heterocycles. The molecule has 5 rings (SSSR count). The predicted octanol–water partition coefficient (Wildman–Crippen LogP) is 4.64. The maximum atomic E-state index is 13.3. The van der Waals surface area contributed by atoms with E-state index in [-0.39, 0.29) is 17.3 Å². The number of hydrogen-bond donors (Lipinski definition) is 0. The van der Waals surface area contributed by atoms with Crippen molar-refractivity contribution in [3.8, 4) is 0 Å². The maximum Gasteiger partial charge on any atom is 0.253 e. The van der Waals surface area contributed by atoms with Gasteiger partial charge in [-0.25, -0.2) is 4.39 Å². The normalized spacial score (nSPS) is 23.3. The molecule has 1 aliphatic carbocycles. The summed E-state index contributed by atoms with van der Waals surface area (Å²) < 4.78 is 19.7. The van der Waals surface area contributed by atoms with E-state index < -0.39 is 0 Å². The van der Waals surface area contributed by atoms with Gasteiger partial charge in [-0.15, -0.1) is 0 Å². The number of carbonyl (C=O) groups is 1. The largest absolute Gasteiger partial charge is 0.375 e. The molecule has 2 aromatic rings. The van der Waals surface area contributed by atoms with Gasteiger partial charge in [0.2, 0.25) is 0 Å². The zero-order chi connectivity index (χ0) is 21.3. The Bertz CT molecular complexity index is 889. The summed E-state index contributed by atoms with van der Waals surface area (Å²) in [7, 11) is 0. The van der Waals surface area contributed by atoms with Crippen LogP contribution in [-0.2, 0) is 11.3 Å². The summed E-state index contributed by atoms with van der Waals surface area (Å²) in [5.74, 6) is -0.0534. The van der Waals surface area contributed by atoms with E-state index in [1.807, 2.05) is 47.4 Å². The Kier molecular flexibility index (Phi) is 5.81. The molecule has 0 bridgehead atoms. The van der Waals surface area contributed by atoms with E-state index in [1.54, 1.807) is 12.1 Å². The minimum Gasteiger partial charge on any atom is -0.375 e. The Hall–Kier alpha value is -2.24. The SMILES string of the molecule is O=C(c1ccccc1)N1CCC2(CC1)CC(N(Cc1ccc(F)cc1)C1CC1)CCO2. The zero-order valence-corrected chi connectivity index (χ0v) is 18.0. The first kappa shape index (κ1) is 20.7. The molecule has 164 valence electrons. The number of halogens is 1. The first-order valence-corrected chi connectivity index (χ1v) is 11.6. The van der Waals surface area contributed by atoms with Crippen LogP contribution in [0.1, 0.15) is 54.4 Å². The molecule has 1 unspecified atom stereocenters. The third-order valence-electron chi connectivity index (χ3n) is 7.21. The van der Waals surface area contributed by atoms with E-state index in [1.165, 1.54) is 18.4 Å². The second-order valence-corrected chi connectivity index (χ2v) is 9.37. The standard InChI is InChI=1S/C26H31FN2O2/c27-22-8-6-20(7-9-22)19-29(23-10-11-23)24-12-17-31-26(18-24)13-15-28(16-14-26)25(30)21-4-2-1-3-5-21/h1-9,23-24H,10-19H2. The Morgan fingerprint density at radius 2 is 1.71 bits per heavy atom. The first-order chi connectivity index (χ1) is 15.1. The van der Waals surface area contributed by atoms with Crippen molar-refractivity contribution in [1.82, 2.24) is 9.80 Å². The van der Waals surface area contributed by atoms with Gasteiger partial charge in [-0.3, -0.25) is 9.69 Å². The molecule has 3 fully saturated rings. The number of benzene rings is 2. The van der Waals surface area contributed by atoms with Gasteiger partial charge in [-0.05, 0) is 68.4 Å². The summed E-state index contributed by atoms with van der Waals surface area (Å²) in [5.41, 5.74) is 1.82. The van der Waals surface area contributed by atoms with Crippen LogP contribution in [0.4, 0.5) is 4.39 Å². The monoisotopic (exact) mass is 422 g/mol. The van der Waals surface area contributed by atoms with Crippen molar-refractivity contribution in [2.75, 3.05) is 19.7 Å². The molecule has 1 atom stereocenters. The number of amides is 1. The molecule has 3 aliphatic rings. The Morgan fingerprint density at radius 3 is 2.39 bits per heavy atom. The van der Waals surface area contributed by atoms with E-state index in [0.717, 1.165) is 57.5 Å². The lowest BCUT2D eigenvalue weighted by atomic mass is 9.81. The molecule has 1 spiro atoms. The van der Waals surface area contributed by atoms with Gasteiger partial charge in [-0.2, -0.15) is 0 Å². The molecule has 0 aromatic heterocycles. The number of carbonyl (C=O) groups excluding carboxylic acids is 1. The van der Waals surface area contributed by atoms with Crippen LogP contribution in [0.25, 0.3) is 0 Å². The first-order valence-electron chi connectivity index (χ1n) is 11.6. The Morgan fingerprint density at radius 1 is 1.00 bits per heavy atom. The van der Waals surface area contributed by atoms with Gasteiger partial charge >= 0.3 is 0 Å². The second kappa shape index (κ2) is 8.71. The van der Waals surface area contributed by atoms with Gasteiger partial charge in [0.1, 0.15) is 5.82 Å². The van der Waals surface area contributed by atoms with Crippen molar-refractivity contribution in [3.05, 3.63) is 71.5 Å². The molecule has 4 nitrogen and oxygen atoms in total. The van der Waals surface area contributed by atoms with E-state index in [9.17, 15) is 9.18 Å². The van der Waals surface area contributed by atoms with Crippen molar-refractivity contribution in [2.24, 2.45) is 0 Å². The van der Waals surface area contributed by atoms with Crippen molar-refractivity contribution in [1.29, 1.82) is 0 Å². The van der Waals surface area contributed by atoms with E-state index >= 15 is 0 Å². The quantitative estimate of drug-likeness (QED) is 0.704. The highest BCUT2D eigenvalue weighted by atomic mass is 19.1. The lowest BCUT2D eigenvalue weighted by Crippen LogP contribution is -2.54. The smallest absolute Gasteiger partial charge is 0.253 e. The second-order valence-electron chi connectivity index (χ2n) is 9.37. The fourth-order valence-corrected chi connectivity index (χ4v) is 5.28. The van der Waals surface area contributed by atoms with Gasteiger partial charge in [0.25, 0.3) is 5.91 Å². The summed E-state index contributed by atoms with van der Waals surface area (Å²) in [5, 5.41) is 0. The van der Waals surface area contributed by atoms with E-state index in [0.29, 0.717) is 12.1 Å². The maximum absolute atomic E-state index is 13.3. The molecule has 2 saturated heterocycles. The number of likely N-dealkylation sites (tertiary alicyclic amines) is 1. The van der Waals surface area contributed by atoms with Crippen LogP contribution in [0.15, 0.2) is 54.6 Å². The third-order valence-corrected chi connectivity index (χ3v) is 7.21. The highest BCUT2D eigenvalue weighted by Gasteiger charge is 2.45. The third kappa shape index (κ3) is 4.68. The van der Waals surface area contributed by atoms with Crippen LogP contribution in [0.3, 0.4) is 0 Å². The van der Waals surface area contributed by atoms with E-state index in [2.05, 4.69) is 4.90 Å². The number of ether oxygens (including phenoxy) is 1. The van der Waals surface area contributed by atoms with Crippen LogP contribution in [-0.4, -0.2) is 53.1 Å². The number of rotatable bonds is 5. The average Bonchev–Trinajstić information content (AvgIpc) is 3.65. The van der Waals surface area contributed by atoms with Crippen LogP contribution in [0.5, 0.6) is 0 Å². The molecule has 31 heavy (non-hydrogen) atoms. The lowest BCUT2D eigenvalue weighted by Gasteiger charge is -2.48. The molecule has 1 saturated carbocycles. The highest BCUT2D eigenvalue weighted by Crippen LogP contribution is 2.40. The van der Waals surface area contributed by atoms with Gasteiger partial charge in [0.05, 0.1) is 5.60 Å². The molecular formula is C26H31FN2O2. The van der Waals surface area contributed by atoms with Crippen molar-refractivity contribution >= 4 is 5.91 Å². The minimum atomic E-state index is -0.177. The van der Waals surface area contributed by atoms with Crippen LogP contribution >= 0.6 is 0 Å². The average molecular weight is 423 g/mol. The van der Waals surface area contributed by atoms with Gasteiger partial charge in [0, 0.05) is 43.9 Å². The zero-order valence-electron chi connectivity index (χ0n) is 18.0. The van der Waals surface area contributed by atoms with Gasteiger partial charge in [-0.1, -0.05) is 30.3 Å².